The number of unbranched alkanes of at least 4 members (excludes halogenated alkanes) is 2. The normalized spacial score (nSPS) is 10.2. The molecule has 0 fully saturated rings. The number of hydrogen-bond acceptors (Lipinski definition) is 1. The lowest BCUT2D eigenvalue weighted by atomic mass is 10.1. The molecule has 0 bridgehead atoms. The smallest absolute Gasteiger partial charge is 0.171 e. The van der Waals surface area contributed by atoms with E-state index in [1.165, 1.54) is 41.5 Å². The molecule has 3 heteroatoms. The molecule has 0 unspecified atom stereocenters. The summed E-state index contributed by atoms with van der Waals surface area (Å²) in [7, 11) is 1.00. The summed E-state index contributed by atoms with van der Waals surface area (Å²) in [4.78, 5) is 0. The van der Waals surface area contributed by atoms with Gasteiger partial charge in [-0.15, -0.1) is 0 Å². The van der Waals surface area contributed by atoms with Crippen molar-refractivity contribution in [2.45, 2.75) is 60.0 Å². The molecule has 0 saturated heterocycles. The van der Waals surface area contributed by atoms with Gasteiger partial charge in [-0.25, -0.2) is 9.13 Å². The molecule has 0 radical (unpaired) electrons. The van der Waals surface area contributed by atoms with Crippen molar-refractivity contribution >= 4 is 0 Å². The Balaban J connectivity index is 0.00000127. The summed E-state index contributed by atoms with van der Waals surface area (Å²) in [5, 5.41) is 7.00. The second kappa shape index (κ2) is 10.1. The molecule has 0 aromatic carbocycles. The third-order valence-electron chi connectivity index (χ3n) is 4.33. The van der Waals surface area contributed by atoms with Crippen molar-refractivity contribution < 1.29 is 14.2 Å². The molecular formula is C20H32N2O+2. The average Bonchev–Trinajstić information content (AvgIpc) is 2.55. The molecule has 2 heterocycles. The molecule has 0 amide bonds. The van der Waals surface area contributed by atoms with Crippen LogP contribution in [0.3, 0.4) is 0 Å². The fourth-order valence-corrected chi connectivity index (χ4v) is 2.51. The van der Waals surface area contributed by atoms with Crippen LogP contribution in [0.2, 0.25) is 0 Å². The third kappa shape index (κ3) is 6.49. The molecule has 3 nitrogen and oxygen atoms in total. The van der Waals surface area contributed by atoms with Gasteiger partial charge in [0.2, 0.25) is 0 Å². The molecule has 0 saturated carbocycles. The van der Waals surface area contributed by atoms with E-state index in [1.54, 1.807) is 0 Å². The molecule has 0 spiro atoms. The van der Waals surface area contributed by atoms with Crippen molar-refractivity contribution in [1.82, 2.24) is 0 Å². The molecule has 0 atom stereocenters. The van der Waals surface area contributed by atoms with Crippen molar-refractivity contribution in [3.8, 4) is 0 Å². The fourth-order valence-electron chi connectivity index (χ4n) is 2.51. The van der Waals surface area contributed by atoms with Crippen LogP contribution >= 0.6 is 0 Å². The zero-order valence-electron chi connectivity index (χ0n) is 15.3. The summed E-state index contributed by atoms with van der Waals surface area (Å²) in [5.74, 6) is 0. The van der Waals surface area contributed by atoms with E-state index in [2.05, 4.69) is 73.7 Å². The Bertz CT molecular complexity index is 555. The Morgan fingerprint density at radius 3 is 1.39 bits per heavy atom. The summed E-state index contributed by atoms with van der Waals surface area (Å²) in [6.45, 7) is 10.9. The van der Waals surface area contributed by atoms with Crippen molar-refractivity contribution in [3.05, 3.63) is 59.2 Å². The monoisotopic (exact) mass is 316 g/mol. The molecule has 126 valence electrons. The molecule has 2 aromatic rings. The van der Waals surface area contributed by atoms with Crippen LogP contribution in [0.1, 0.15) is 41.5 Å². The second-order valence-corrected chi connectivity index (χ2v) is 6.16. The number of aliphatic hydroxyl groups excluding tert-OH is 1. The van der Waals surface area contributed by atoms with Crippen molar-refractivity contribution in [2.24, 2.45) is 0 Å². The topological polar surface area (TPSA) is 28.0 Å². The average molecular weight is 316 g/mol. The quantitative estimate of drug-likeness (QED) is 0.644. The summed E-state index contributed by atoms with van der Waals surface area (Å²) in [5.41, 5.74) is 5.50. The van der Waals surface area contributed by atoms with Crippen LogP contribution in [0.5, 0.6) is 0 Å². The number of aliphatic hydroxyl groups is 1. The van der Waals surface area contributed by atoms with Gasteiger partial charge >= 0.3 is 0 Å². The zero-order chi connectivity index (χ0) is 17.2. The third-order valence-corrected chi connectivity index (χ3v) is 4.33. The summed E-state index contributed by atoms with van der Waals surface area (Å²) in [6.07, 6.45) is 12.7. The van der Waals surface area contributed by atoms with E-state index in [4.69, 9.17) is 5.11 Å². The molecule has 0 aliphatic rings. The lowest BCUT2D eigenvalue weighted by molar-refractivity contribution is -0.701. The molecule has 0 aliphatic heterocycles. The minimum absolute atomic E-state index is 1.00. The molecule has 23 heavy (non-hydrogen) atoms. The Morgan fingerprint density at radius 1 is 0.652 bits per heavy atom. The highest BCUT2D eigenvalue weighted by atomic mass is 16.2. The number of hydrogen-bond donors (Lipinski definition) is 1. The van der Waals surface area contributed by atoms with Crippen molar-refractivity contribution in [2.75, 3.05) is 7.11 Å². The van der Waals surface area contributed by atoms with Gasteiger partial charge in [-0.1, -0.05) is 0 Å². The van der Waals surface area contributed by atoms with E-state index in [1.807, 2.05) is 0 Å². The van der Waals surface area contributed by atoms with Gasteiger partial charge in [0.05, 0.1) is 0 Å². The summed E-state index contributed by atoms with van der Waals surface area (Å²) >= 11 is 0. The Morgan fingerprint density at radius 2 is 1.04 bits per heavy atom. The highest BCUT2D eigenvalue weighted by molar-refractivity contribution is 5.17. The van der Waals surface area contributed by atoms with Gasteiger partial charge in [-0.3, -0.25) is 0 Å². The van der Waals surface area contributed by atoms with E-state index in [-0.39, 0.29) is 0 Å². The van der Waals surface area contributed by atoms with Crippen LogP contribution in [0.15, 0.2) is 36.9 Å². The van der Waals surface area contributed by atoms with E-state index in [0.717, 1.165) is 20.2 Å². The number of rotatable bonds is 6. The van der Waals surface area contributed by atoms with Gasteiger partial charge in [0.25, 0.3) is 0 Å². The lowest BCUT2D eigenvalue weighted by Crippen LogP contribution is -2.34. The Labute approximate surface area is 141 Å². The standard InChI is InChI=1S/C19H28N2.CH4O/c1-16-8-12-20(14-18(16)3)10-6-5-7-11-21-13-9-17(2)19(4)15-21;1-2/h8-9,12-15H,5-7,10-11H2,1-4H3;2H,1H3/q+2;. The minimum Gasteiger partial charge on any atom is -0.400 e. The van der Waals surface area contributed by atoms with Gasteiger partial charge in [-0.05, 0) is 45.2 Å². The van der Waals surface area contributed by atoms with Crippen LogP contribution in [-0.4, -0.2) is 12.2 Å². The SMILES string of the molecule is CO.Cc1cc[n+](CCCCC[n+]2ccc(C)c(C)c2)cc1C. The highest BCUT2D eigenvalue weighted by Crippen LogP contribution is 2.03. The fraction of sp³-hybridized carbons (Fsp3) is 0.500. The highest BCUT2D eigenvalue weighted by Gasteiger charge is 2.05. The summed E-state index contributed by atoms with van der Waals surface area (Å²) in [6, 6.07) is 4.42. The molecule has 0 aliphatic carbocycles. The van der Waals surface area contributed by atoms with Crippen LogP contribution in [0.25, 0.3) is 0 Å². The van der Waals surface area contributed by atoms with E-state index in [9.17, 15) is 0 Å². The first-order valence-electron chi connectivity index (χ1n) is 8.43. The van der Waals surface area contributed by atoms with Gasteiger partial charge in [-0.2, -0.15) is 0 Å². The van der Waals surface area contributed by atoms with Crippen LogP contribution < -0.4 is 9.13 Å². The van der Waals surface area contributed by atoms with Crippen molar-refractivity contribution in [3.63, 3.8) is 0 Å². The minimum atomic E-state index is 1.00. The Kier molecular flexibility index (Phi) is 8.49. The van der Waals surface area contributed by atoms with E-state index < -0.39 is 0 Å². The maximum Gasteiger partial charge on any atom is 0.171 e. The van der Waals surface area contributed by atoms with Crippen LogP contribution in [-0.2, 0) is 13.1 Å². The number of pyridine rings is 2. The first-order valence-corrected chi connectivity index (χ1v) is 8.43. The van der Waals surface area contributed by atoms with Gasteiger partial charge in [0, 0.05) is 43.2 Å². The number of aromatic nitrogens is 2. The maximum absolute atomic E-state index is 7.00. The number of nitrogens with zero attached hydrogens (tertiary/aromatic N) is 2. The summed E-state index contributed by atoms with van der Waals surface area (Å²) < 4.78 is 4.62. The first-order chi connectivity index (χ1) is 11.1. The zero-order valence-corrected chi connectivity index (χ0v) is 15.3. The molecule has 1 N–H and O–H groups in total. The first kappa shape index (κ1) is 19.3. The number of aryl methyl sites for hydroxylation is 6. The van der Waals surface area contributed by atoms with E-state index in [0.29, 0.717) is 0 Å². The lowest BCUT2D eigenvalue weighted by Gasteiger charge is -2.02. The van der Waals surface area contributed by atoms with Crippen LogP contribution in [0.4, 0.5) is 0 Å². The van der Waals surface area contributed by atoms with Gasteiger partial charge in [0.15, 0.2) is 24.8 Å². The van der Waals surface area contributed by atoms with Gasteiger partial charge < -0.3 is 5.11 Å². The maximum atomic E-state index is 7.00. The van der Waals surface area contributed by atoms with E-state index >= 15 is 0 Å². The van der Waals surface area contributed by atoms with Gasteiger partial charge in [0.1, 0.15) is 13.1 Å². The predicted molar refractivity (Wildman–Crippen MR) is 94.2 cm³/mol. The second-order valence-electron chi connectivity index (χ2n) is 6.16. The van der Waals surface area contributed by atoms with Crippen molar-refractivity contribution in [1.29, 1.82) is 0 Å². The van der Waals surface area contributed by atoms with Crippen LogP contribution in [0, 0.1) is 27.7 Å². The largest absolute Gasteiger partial charge is 0.400 e. The molecular weight excluding hydrogens is 284 g/mol. The Hall–Kier alpha value is -1.74. The molecule has 2 rings (SSSR count). The predicted octanol–water partition coefficient (Wildman–Crippen LogP) is 2.97. The molecule has 2 aromatic heterocycles.